The van der Waals surface area contributed by atoms with E-state index < -0.39 is 24.4 Å². The first-order valence-corrected chi connectivity index (χ1v) is 14.5. The lowest BCUT2D eigenvalue weighted by Gasteiger charge is -2.36. The van der Waals surface area contributed by atoms with Crippen LogP contribution in [0.15, 0.2) is 121 Å². The SMILES string of the molecule is CN(C)C(=O)[C@H](OCc1ccccc1)[C@H](OCc1ccccc1)[C@H](OCc1ccccc1)[C@@H](O)COCc1ccccc1. The van der Waals surface area contributed by atoms with Crippen molar-refractivity contribution in [3.05, 3.63) is 144 Å². The monoisotopic (exact) mass is 583 g/mol. The van der Waals surface area contributed by atoms with Crippen molar-refractivity contribution in [3.8, 4) is 0 Å². The highest BCUT2D eigenvalue weighted by Crippen LogP contribution is 2.23. The predicted molar refractivity (Wildman–Crippen MR) is 166 cm³/mol. The summed E-state index contributed by atoms with van der Waals surface area (Å²) in [4.78, 5) is 15.1. The third-order valence-corrected chi connectivity index (χ3v) is 6.93. The molecule has 0 aromatic heterocycles. The topological polar surface area (TPSA) is 77.5 Å². The van der Waals surface area contributed by atoms with E-state index in [1.807, 2.05) is 121 Å². The van der Waals surface area contributed by atoms with E-state index in [4.69, 9.17) is 18.9 Å². The third kappa shape index (κ3) is 10.4. The Morgan fingerprint density at radius 1 is 0.581 bits per heavy atom. The van der Waals surface area contributed by atoms with Crippen LogP contribution in [0, 0.1) is 0 Å². The van der Waals surface area contributed by atoms with Crippen molar-refractivity contribution in [1.29, 1.82) is 0 Å². The van der Waals surface area contributed by atoms with Crippen molar-refractivity contribution in [2.75, 3.05) is 20.7 Å². The van der Waals surface area contributed by atoms with Gasteiger partial charge in [0.2, 0.25) is 0 Å². The molecule has 0 aliphatic rings. The van der Waals surface area contributed by atoms with Gasteiger partial charge in [0.05, 0.1) is 33.0 Å². The summed E-state index contributed by atoms with van der Waals surface area (Å²) in [5.74, 6) is -0.292. The molecule has 0 aliphatic carbocycles. The minimum atomic E-state index is -1.12. The summed E-state index contributed by atoms with van der Waals surface area (Å²) >= 11 is 0. The average molecular weight is 584 g/mol. The smallest absolute Gasteiger partial charge is 0.254 e. The second-order valence-corrected chi connectivity index (χ2v) is 10.5. The van der Waals surface area contributed by atoms with Gasteiger partial charge >= 0.3 is 0 Å². The minimum absolute atomic E-state index is 0.0267. The summed E-state index contributed by atoms with van der Waals surface area (Å²) in [5, 5.41) is 11.6. The first-order chi connectivity index (χ1) is 21.0. The van der Waals surface area contributed by atoms with Crippen LogP contribution in [0.3, 0.4) is 0 Å². The van der Waals surface area contributed by atoms with Gasteiger partial charge in [-0.3, -0.25) is 4.79 Å². The summed E-state index contributed by atoms with van der Waals surface area (Å²) in [7, 11) is 3.35. The van der Waals surface area contributed by atoms with Gasteiger partial charge < -0.3 is 29.0 Å². The zero-order valence-corrected chi connectivity index (χ0v) is 24.8. The minimum Gasteiger partial charge on any atom is -0.388 e. The molecule has 0 saturated heterocycles. The highest BCUT2D eigenvalue weighted by atomic mass is 16.6. The summed E-state index contributed by atoms with van der Waals surface area (Å²) in [6.45, 7) is 0.876. The molecule has 0 spiro atoms. The molecule has 43 heavy (non-hydrogen) atoms. The quantitative estimate of drug-likeness (QED) is 0.179. The van der Waals surface area contributed by atoms with Crippen LogP contribution < -0.4 is 0 Å². The molecular formula is C36H41NO6. The summed E-state index contributed by atoms with van der Waals surface area (Å²) in [5.41, 5.74) is 3.74. The van der Waals surface area contributed by atoms with Gasteiger partial charge in [-0.1, -0.05) is 121 Å². The molecule has 0 heterocycles. The van der Waals surface area contributed by atoms with Gasteiger partial charge in [0, 0.05) is 14.1 Å². The molecule has 7 heteroatoms. The normalized spacial score (nSPS) is 14.0. The molecule has 0 bridgehead atoms. The van der Waals surface area contributed by atoms with E-state index in [0.717, 1.165) is 22.3 Å². The summed E-state index contributed by atoms with van der Waals surface area (Å²) in [6, 6.07) is 38.8. The number of nitrogens with zero attached hydrogens (tertiary/aromatic N) is 1. The molecule has 226 valence electrons. The van der Waals surface area contributed by atoms with Crippen molar-refractivity contribution in [2.24, 2.45) is 0 Å². The fraction of sp³-hybridized carbons (Fsp3) is 0.306. The molecule has 0 fully saturated rings. The van der Waals surface area contributed by atoms with Crippen LogP contribution in [0.5, 0.6) is 0 Å². The van der Waals surface area contributed by atoms with Crippen molar-refractivity contribution < 1.29 is 28.8 Å². The number of carbonyl (C=O) groups is 1. The van der Waals surface area contributed by atoms with E-state index >= 15 is 0 Å². The largest absolute Gasteiger partial charge is 0.388 e. The molecule has 4 rings (SSSR count). The fourth-order valence-electron chi connectivity index (χ4n) is 4.60. The van der Waals surface area contributed by atoms with Gasteiger partial charge in [0.25, 0.3) is 5.91 Å². The van der Waals surface area contributed by atoms with Crippen LogP contribution in [0.2, 0.25) is 0 Å². The lowest BCUT2D eigenvalue weighted by molar-refractivity contribution is -0.195. The van der Waals surface area contributed by atoms with Crippen LogP contribution in [0.1, 0.15) is 22.3 Å². The van der Waals surface area contributed by atoms with Crippen LogP contribution in [0.4, 0.5) is 0 Å². The second-order valence-electron chi connectivity index (χ2n) is 10.5. The summed E-state index contributed by atoms with van der Waals surface area (Å²) < 4.78 is 25.1. The zero-order chi connectivity index (χ0) is 30.3. The molecule has 0 aliphatic heterocycles. The molecule has 0 saturated carbocycles. The van der Waals surface area contributed by atoms with Gasteiger partial charge in [-0.15, -0.1) is 0 Å². The van der Waals surface area contributed by atoms with Gasteiger partial charge in [-0.25, -0.2) is 0 Å². The zero-order valence-electron chi connectivity index (χ0n) is 24.8. The Morgan fingerprint density at radius 2 is 0.953 bits per heavy atom. The second kappa shape index (κ2) is 17.3. The number of hydrogen-bond donors (Lipinski definition) is 1. The van der Waals surface area contributed by atoms with E-state index in [-0.39, 0.29) is 32.3 Å². The third-order valence-electron chi connectivity index (χ3n) is 6.93. The molecule has 4 aromatic carbocycles. The summed E-state index contributed by atoms with van der Waals surface area (Å²) in [6.07, 6.45) is -4.10. The molecule has 0 unspecified atom stereocenters. The number of benzene rings is 4. The van der Waals surface area contributed by atoms with E-state index in [2.05, 4.69) is 0 Å². The molecular weight excluding hydrogens is 542 g/mol. The Labute approximate surface area is 254 Å². The number of likely N-dealkylation sites (N-methyl/N-ethyl adjacent to an activating group) is 1. The van der Waals surface area contributed by atoms with E-state index in [9.17, 15) is 9.90 Å². The fourth-order valence-corrected chi connectivity index (χ4v) is 4.60. The average Bonchev–Trinajstić information content (AvgIpc) is 3.05. The van der Waals surface area contributed by atoms with Gasteiger partial charge in [-0.2, -0.15) is 0 Å². The highest BCUT2D eigenvalue weighted by Gasteiger charge is 2.41. The molecule has 4 atom stereocenters. The van der Waals surface area contributed by atoms with E-state index in [1.165, 1.54) is 4.90 Å². The van der Waals surface area contributed by atoms with E-state index in [0.29, 0.717) is 6.61 Å². The van der Waals surface area contributed by atoms with Gasteiger partial charge in [0.1, 0.15) is 18.3 Å². The molecule has 1 N–H and O–H groups in total. The number of amides is 1. The number of carbonyl (C=O) groups excluding carboxylic acids is 1. The number of aliphatic hydroxyl groups excluding tert-OH is 1. The number of hydrogen-bond acceptors (Lipinski definition) is 6. The predicted octanol–water partition coefficient (Wildman–Crippen LogP) is 5.41. The molecule has 1 amide bonds. The maximum atomic E-state index is 13.7. The first-order valence-electron chi connectivity index (χ1n) is 14.5. The Bertz CT molecular complexity index is 1320. The lowest BCUT2D eigenvalue weighted by Crippen LogP contribution is -2.54. The Hall–Kier alpha value is -3.85. The van der Waals surface area contributed by atoms with Crippen molar-refractivity contribution >= 4 is 5.91 Å². The number of aliphatic hydroxyl groups is 1. The Kier molecular flexibility index (Phi) is 12.9. The Morgan fingerprint density at radius 3 is 1.37 bits per heavy atom. The van der Waals surface area contributed by atoms with Crippen molar-refractivity contribution in [3.63, 3.8) is 0 Å². The molecule has 0 radical (unpaired) electrons. The van der Waals surface area contributed by atoms with E-state index in [1.54, 1.807) is 14.1 Å². The molecule has 7 nitrogen and oxygen atoms in total. The maximum absolute atomic E-state index is 13.7. The maximum Gasteiger partial charge on any atom is 0.254 e. The van der Waals surface area contributed by atoms with Crippen LogP contribution in [0.25, 0.3) is 0 Å². The van der Waals surface area contributed by atoms with Crippen LogP contribution in [-0.4, -0.2) is 61.0 Å². The van der Waals surface area contributed by atoms with Crippen molar-refractivity contribution in [1.82, 2.24) is 4.90 Å². The van der Waals surface area contributed by atoms with Gasteiger partial charge in [-0.05, 0) is 22.3 Å². The standard InChI is InChI=1S/C36H41NO6/c1-37(2)36(39)35(43-26-31-21-13-6-14-22-31)34(42-25-30-19-11-5-12-20-30)33(41-24-29-17-9-4-10-18-29)32(38)27-40-23-28-15-7-3-8-16-28/h3-22,32-35,38H,23-27H2,1-2H3/t32-,33+,34+,35+/m0/s1. The highest BCUT2D eigenvalue weighted by molar-refractivity contribution is 5.81. The Balaban J connectivity index is 1.62. The molecule has 4 aromatic rings. The number of ether oxygens (including phenoxy) is 4. The van der Waals surface area contributed by atoms with Gasteiger partial charge in [0.15, 0.2) is 6.10 Å². The number of rotatable bonds is 17. The first kappa shape index (κ1) is 32.1. The lowest BCUT2D eigenvalue weighted by atomic mass is 10.0. The van der Waals surface area contributed by atoms with Crippen molar-refractivity contribution in [2.45, 2.75) is 50.8 Å². The van der Waals surface area contributed by atoms with Crippen LogP contribution in [-0.2, 0) is 50.2 Å². The van der Waals surface area contributed by atoms with Crippen LogP contribution >= 0.6 is 0 Å².